The molecule has 0 spiro atoms. The van der Waals surface area contributed by atoms with E-state index < -0.39 is 0 Å². The van der Waals surface area contributed by atoms with E-state index in [0.717, 1.165) is 75.8 Å². The number of ether oxygens (including phenoxy) is 2. The molecule has 4 fully saturated rings. The standard InChI is InChI=1S/C25H38N8O3/c1-14(2)21-13-27-33-22(21)30-23(28-16-5-7-35-8-6-16)31-24(33)29-17-11-18-3-4-19(12-17)32(18)25(34)36-20-9-15(26)10-20/h13-20H,3-12,26H2,1-2H3,(H2,28,29,30,31). The van der Waals surface area contributed by atoms with E-state index in [4.69, 9.17) is 25.2 Å². The fourth-order valence-corrected chi connectivity index (χ4v) is 6.17. The Kier molecular flexibility index (Phi) is 6.37. The lowest BCUT2D eigenvalue weighted by Gasteiger charge is -2.40. The maximum Gasteiger partial charge on any atom is 0.410 e. The molecule has 3 aliphatic heterocycles. The SMILES string of the molecule is CC(C)c1cnn2c(NC3CC4CCC(C3)N4C(=O)OC3CC(N)C3)nc(NC3CCOCC3)nc12. The molecule has 11 heteroatoms. The number of carbonyl (C=O) groups excluding carboxylic acids is 1. The van der Waals surface area contributed by atoms with Crippen molar-refractivity contribution >= 4 is 23.6 Å². The van der Waals surface area contributed by atoms with E-state index >= 15 is 0 Å². The number of hydrogen-bond donors (Lipinski definition) is 3. The molecule has 36 heavy (non-hydrogen) atoms. The van der Waals surface area contributed by atoms with E-state index in [-0.39, 0.29) is 36.4 Å². The molecule has 2 bridgehead atoms. The van der Waals surface area contributed by atoms with Crippen LogP contribution < -0.4 is 16.4 Å². The van der Waals surface area contributed by atoms with E-state index in [2.05, 4.69) is 29.6 Å². The van der Waals surface area contributed by atoms with Gasteiger partial charge in [-0.15, -0.1) is 0 Å². The fraction of sp³-hybridized carbons (Fsp3) is 0.760. The number of nitrogens with one attached hydrogen (secondary N) is 2. The van der Waals surface area contributed by atoms with Crippen LogP contribution >= 0.6 is 0 Å². The van der Waals surface area contributed by atoms with Gasteiger partial charge in [0.2, 0.25) is 11.9 Å². The van der Waals surface area contributed by atoms with E-state index in [1.807, 2.05) is 15.6 Å². The summed E-state index contributed by atoms with van der Waals surface area (Å²) in [6.07, 6.45) is 8.89. The van der Waals surface area contributed by atoms with Crippen LogP contribution in [0.3, 0.4) is 0 Å². The second-order valence-corrected chi connectivity index (χ2v) is 11.2. The van der Waals surface area contributed by atoms with Crippen molar-refractivity contribution in [1.82, 2.24) is 24.5 Å². The van der Waals surface area contributed by atoms with Gasteiger partial charge in [-0.05, 0) is 57.3 Å². The average Bonchev–Trinajstić information content (AvgIpc) is 3.38. The summed E-state index contributed by atoms with van der Waals surface area (Å²) < 4.78 is 13.1. The first kappa shape index (κ1) is 23.7. The van der Waals surface area contributed by atoms with E-state index in [9.17, 15) is 4.79 Å². The van der Waals surface area contributed by atoms with Crippen LogP contribution in [0, 0.1) is 0 Å². The van der Waals surface area contributed by atoms with Gasteiger partial charge in [-0.1, -0.05) is 13.8 Å². The number of anilines is 2. The summed E-state index contributed by atoms with van der Waals surface area (Å²) in [5.41, 5.74) is 7.80. The Morgan fingerprint density at radius 3 is 2.44 bits per heavy atom. The van der Waals surface area contributed by atoms with Crippen molar-refractivity contribution in [3.63, 3.8) is 0 Å². The van der Waals surface area contributed by atoms with Gasteiger partial charge in [0.25, 0.3) is 0 Å². The maximum atomic E-state index is 12.9. The van der Waals surface area contributed by atoms with Gasteiger partial charge in [-0.3, -0.25) is 0 Å². The summed E-state index contributed by atoms with van der Waals surface area (Å²) in [6.45, 7) is 5.82. The molecule has 1 saturated carbocycles. The predicted octanol–water partition coefficient (Wildman–Crippen LogP) is 2.87. The quantitative estimate of drug-likeness (QED) is 0.550. The van der Waals surface area contributed by atoms with Crippen LogP contribution in [0.25, 0.3) is 5.65 Å². The molecular formula is C25H38N8O3. The monoisotopic (exact) mass is 498 g/mol. The molecule has 1 amide bonds. The van der Waals surface area contributed by atoms with Gasteiger partial charge in [0, 0.05) is 49.0 Å². The number of carbonyl (C=O) groups is 1. The second kappa shape index (κ2) is 9.66. The average molecular weight is 499 g/mol. The lowest BCUT2D eigenvalue weighted by atomic mass is 9.90. The van der Waals surface area contributed by atoms with Gasteiger partial charge in [0.1, 0.15) is 6.10 Å². The summed E-state index contributed by atoms with van der Waals surface area (Å²) in [5, 5.41) is 11.8. The molecule has 11 nitrogen and oxygen atoms in total. The number of aromatic nitrogens is 4. The molecule has 4 N–H and O–H groups in total. The number of hydrogen-bond acceptors (Lipinski definition) is 9. The highest BCUT2D eigenvalue weighted by Crippen LogP contribution is 2.38. The van der Waals surface area contributed by atoms with Crippen molar-refractivity contribution in [1.29, 1.82) is 0 Å². The van der Waals surface area contributed by atoms with Gasteiger partial charge in [0.05, 0.1) is 6.20 Å². The summed E-state index contributed by atoms with van der Waals surface area (Å²) >= 11 is 0. The number of rotatable bonds is 6. The number of nitrogens with zero attached hydrogens (tertiary/aromatic N) is 5. The molecule has 6 rings (SSSR count). The zero-order chi connectivity index (χ0) is 24.8. The first-order valence-electron chi connectivity index (χ1n) is 13.6. The first-order chi connectivity index (χ1) is 17.4. The molecular weight excluding hydrogens is 460 g/mol. The third-order valence-electron chi connectivity index (χ3n) is 8.25. The molecule has 3 saturated heterocycles. The van der Waals surface area contributed by atoms with Crippen LogP contribution in [-0.2, 0) is 9.47 Å². The van der Waals surface area contributed by atoms with Crippen LogP contribution in [0.15, 0.2) is 6.20 Å². The lowest BCUT2D eigenvalue weighted by molar-refractivity contribution is 0.00236. The third-order valence-corrected chi connectivity index (χ3v) is 8.25. The van der Waals surface area contributed by atoms with Gasteiger partial charge in [0.15, 0.2) is 5.65 Å². The van der Waals surface area contributed by atoms with E-state index in [1.165, 1.54) is 0 Å². The topological polar surface area (TPSA) is 132 Å². The molecule has 4 aliphatic rings. The van der Waals surface area contributed by atoms with E-state index in [0.29, 0.717) is 23.9 Å². The summed E-state index contributed by atoms with van der Waals surface area (Å²) in [4.78, 5) is 24.6. The highest BCUT2D eigenvalue weighted by atomic mass is 16.6. The number of amides is 1. The molecule has 2 unspecified atom stereocenters. The van der Waals surface area contributed by atoms with Crippen LogP contribution in [-0.4, -0.2) is 80.1 Å². The minimum Gasteiger partial charge on any atom is -0.446 e. The van der Waals surface area contributed by atoms with Crippen molar-refractivity contribution in [2.75, 3.05) is 23.8 Å². The minimum absolute atomic E-state index is 0.0198. The molecule has 2 atom stereocenters. The van der Waals surface area contributed by atoms with Crippen LogP contribution in [0.5, 0.6) is 0 Å². The van der Waals surface area contributed by atoms with E-state index in [1.54, 1.807) is 0 Å². The third kappa shape index (κ3) is 4.58. The zero-order valence-corrected chi connectivity index (χ0v) is 21.2. The van der Waals surface area contributed by atoms with Crippen molar-refractivity contribution in [2.45, 2.75) is 107 Å². The van der Waals surface area contributed by atoms with Crippen LogP contribution in [0.4, 0.5) is 16.7 Å². The van der Waals surface area contributed by atoms with Crippen molar-refractivity contribution in [2.24, 2.45) is 5.73 Å². The van der Waals surface area contributed by atoms with Gasteiger partial charge in [-0.25, -0.2) is 4.79 Å². The van der Waals surface area contributed by atoms with Crippen molar-refractivity contribution < 1.29 is 14.3 Å². The number of piperidine rings is 1. The highest BCUT2D eigenvalue weighted by Gasteiger charge is 2.45. The fourth-order valence-electron chi connectivity index (χ4n) is 6.17. The van der Waals surface area contributed by atoms with Crippen LogP contribution in [0.1, 0.15) is 76.7 Å². The highest BCUT2D eigenvalue weighted by molar-refractivity contribution is 5.69. The summed E-state index contributed by atoms with van der Waals surface area (Å²) in [5.74, 6) is 1.63. The Morgan fingerprint density at radius 2 is 1.78 bits per heavy atom. The molecule has 0 aromatic carbocycles. The molecule has 2 aromatic rings. The van der Waals surface area contributed by atoms with Crippen molar-refractivity contribution in [3.05, 3.63) is 11.8 Å². The minimum atomic E-state index is -0.168. The summed E-state index contributed by atoms with van der Waals surface area (Å²) in [7, 11) is 0. The Labute approximate surface area is 211 Å². The Balaban J connectivity index is 1.19. The van der Waals surface area contributed by atoms with Crippen molar-refractivity contribution in [3.8, 4) is 0 Å². The van der Waals surface area contributed by atoms with Crippen LogP contribution in [0.2, 0.25) is 0 Å². The van der Waals surface area contributed by atoms with Gasteiger partial charge >= 0.3 is 6.09 Å². The number of nitrogens with two attached hydrogens (primary N) is 1. The molecule has 196 valence electrons. The largest absolute Gasteiger partial charge is 0.446 e. The Bertz CT molecular complexity index is 1080. The zero-order valence-electron chi connectivity index (χ0n) is 21.2. The maximum absolute atomic E-state index is 12.9. The second-order valence-electron chi connectivity index (χ2n) is 11.2. The molecule has 1 aliphatic carbocycles. The molecule has 5 heterocycles. The van der Waals surface area contributed by atoms with Gasteiger partial charge in [-0.2, -0.15) is 19.6 Å². The Morgan fingerprint density at radius 1 is 1.06 bits per heavy atom. The Hall–Kier alpha value is -2.66. The smallest absolute Gasteiger partial charge is 0.410 e. The predicted molar refractivity (Wildman–Crippen MR) is 135 cm³/mol. The first-order valence-corrected chi connectivity index (χ1v) is 13.6. The lowest BCUT2D eigenvalue weighted by Crippen LogP contribution is -2.52. The molecule has 0 radical (unpaired) electrons. The normalized spacial score (nSPS) is 30.4. The molecule has 2 aromatic heterocycles. The summed E-state index contributed by atoms with van der Waals surface area (Å²) in [6, 6.07) is 1.04. The number of fused-ring (bicyclic) bond motifs is 3. The van der Waals surface area contributed by atoms with Gasteiger partial charge < -0.3 is 30.7 Å².